The van der Waals surface area contributed by atoms with E-state index in [1.165, 1.54) is 0 Å². The summed E-state index contributed by atoms with van der Waals surface area (Å²) in [7, 11) is 0. The molecular formula is C25H28N2O5. The molecular weight excluding hydrogens is 408 g/mol. The van der Waals surface area contributed by atoms with E-state index in [-0.39, 0.29) is 11.3 Å². The number of hydrogen-bond acceptors (Lipinski definition) is 6. The zero-order valence-corrected chi connectivity index (χ0v) is 18.2. The predicted octanol–water partition coefficient (Wildman–Crippen LogP) is 2.84. The van der Waals surface area contributed by atoms with Gasteiger partial charge in [-0.25, -0.2) is 0 Å². The molecule has 1 N–H and O–H groups in total. The molecule has 1 amide bonds. The minimum atomic E-state index is -0.660. The van der Waals surface area contributed by atoms with E-state index in [4.69, 9.17) is 9.47 Å². The summed E-state index contributed by atoms with van der Waals surface area (Å²) >= 11 is 0. The van der Waals surface area contributed by atoms with Crippen molar-refractivity contribution in [3.63, 3.8) is 0 Å². The van der Waals surface area contributed by atoms with Crippen molar-refractivity contribution in [3.05, 3.63) is 71.3 Å². The molecule has 0 bridgehead atoms. The van der Waals surface area contributed by atoms with Crippen LogP contribution in [-0.4, -0.2) is 72.6 Å². The molecule has 32 heavy (non-hydrogen) atoms. The summed E-state index contributed by atoms with van der Waals surface area (Å²) in [6, 6.07) is 15.5. The smallest absolute Gasteiger partial charge is 0.295 e. The highest BCUT2D eigenvalue weighted by atomic mass is 16.5. The SMILES string of the molecule is CCOc1ccc(C2C(=C(O)c3ccccc3)C(=O)C(=O)N2CCN2CCOCC2)cc1. The van der Waals surface area contributed by atoms with Crippen LogP contribution in [-0.2, 0) is 14.3 Å². The van der Waals surface area contributed by atoms with Gasteiger partial charge >= 0.3 is 0 Å². The van der Waals surface area contributed by atoms with Gasteiger partial charge in [0.2, 0.25) is 0 Å². The van der Waals surface area contributed by atoms with Gasteiger partial charge in [0, 0.05) is 31.7 Å². The Morgan fingerprint density at radius 2 is 1.72 bits per heavy atom. The standard InChI is InChI=1S/C25H28N2O5/c1-2-32-20-10-8-18(9-11-20)22-21(23(28)19-6-4-3-5-7-19)24(29)25(30)27(22)13-12-26-14-16-31-17-15-26/h3-11,22,28H,2,12-17H2,1H3. The molecule has 168 valence electrons. The molecule has 0 spiro atoms. The maximum atomic E-state index is 13.1. The number of morpholine rings is 1. The summed E-state index contributed by atoms with van der Waals surface area (Å²) in [6.07, 6.45) is 0. The molecule has 7 heteroatoms. The first-order chi connectivity index (χ1) is 15.6. The number of nitrogens with zero attached hydrogens (tertiary/aromatic N) is 2. The van der Waals surface area contributed by atoms with Crippen LogP contribution in [0, 0.1) is 0 Å². The highest BCUT2D eigenvalue weighted by Gasteiger charge is 2.46. The van der Waals surface area contributed by atoms with Crippen LogP contribution in [0.4, 0.5) is 0 Å². The number of ketones is 1. The predicted molar refractivity (Wildman–Crippen MR) is 120 cm³/mol. The van der Waals surface area contributed by atoms with Crippen LogP contribution in [0.15, 0.2) is 60.2 Å². The number of aliphatic hydroxyl groups is 1. The first-order valence-corrected chi connectivity index (χ1v) is 11.0. The van der Waals surface area contributed by atoms with Gasteiger partial charge in [-0.3, -0.25) is 14.5 Å². The maximum Gasteiger partial charge on any atom is 0.295 e. The van der Waals surface area contributed by atoms with Gasteiger partial charge in [-0.1, -0.05) is 42.5 Å². The monoisotopic (exact) mass is 436 g/mol. The quantitative estimate of drug-likeness (QED) is 0.409. The Morgan fingerprint density at radius 3 is 2.38 bits per heavy atom. The Hall–Kier alpha value is -3.16. The van der Waals surface area contributed by atoms with Gasteiger partial charge in [-0.2, -0.15) is 0 Å². The first kappa shape index (κ1) is 22.0. The molecule has 7 nitrogen and oxygen atoms in total. The van der Waals surface area contributed by atoms with Crippen molar-refractivity contribution < 1.29 is 24.2 Å². The van der Waals surface area contributed by atoms with Gasteiger partial charge in [-0.05, 0) is 24.6 Å². The fraction of sp³-hybridized carbons (Fsp3) is 0.360. The number of aliphatic hydroxyl groups excluding tert-OH is 1. The van der Waals surface area contributed by atoms with Crippen molar-refractivity contribution in [1.82, 2.24) is 9.80 Å². The molecule has 2 aliphatic rings. The van der Waals surface area contributed by atoms with Crippen LogP contribution in [0.25, 0.3) is 5.76 Å². The van der Waals surface area contributed by atoms with Gasteiger partial charge < -0.3 is 19.5 Å². The Bertz CT molecular complexity index is 981. The van der Waals surface area contributed by atoms with Crippen LogP contribution < -0.4 is 4.74 Å². The second-order valence-corrected chi connectivity index (χ2v) is 7.81. The van der Waals surface area contributed by atoms with E-state index in [2.05, 4.69) is 4.90 Å². The number of carbonyl (C=O) groups excluding carboxylic acids is 2. The van der Waals surface area contributed by atoms with Gasteiger partial charge in [0.15, 0.2) is 0 Å². The van der Waals surface area contributed by atoms with Gasteiger partial charge in [0.1, 0.15) is 11.5 Å². The Balaban J connectivity index is 1.70. The van der Waals surface area contributed by atoms with E-state index in [0.29, 0.717) is 44.2 Å². The summed E-state index contributed by atoms with van der Waals surface area (Å²) in [5.41, 5.74) is 1.38. The number of benzene rings is 2. The van der Waals surface area contributed by atoms with Crippen LogP contribution in [0.5, 0.6) is 5.75 Å². The van der Waals surface area contributed by atoms with E-state index in [9.17, 15) is 14.7 Å². The number of carbonyl (C=O) groups is 2. The minimum absolute atomic E-state index is 0.118. The normalized spacial score (nSPS) is 21.2. The second-order valence-electron chi connectivity index (χ2n) is 7.81. The van der Waals surface area contributed by atoms with E-state index < -0.39 is 17.7 Å². The van der Waals surface area contributed by atoms with Crippen molar-refractivity contribution in [2.75, 3.05) is 46.0 Å². The van der Waals surface area contributed by atoms with Crippen LogP contribution in [0.1, 0.15) is 24.1 Å². The minimum Gasteiger partial charge on any atom is -0.507 e. The topological polar surface area (TPSA) is 79.3 Å². The lowest BCUT2D eigenvalue weighted by molar-refractivity contribution is -0.140. The third-order valence-corrected chi connectivity index (χ3v) is 5.85. The molecule has 4 rings (SSSR count). The largest absolute Gasteiger partial charge is 0.507 e. The van der Waals surface area contributed by atoms with Crippen molar-refractivity contribution in [2.24, 2.45) is 0 Å². The van der Waals surface area contributed by atoms with Crippen LogP contribution in [0.3, 0.4) is 0 Å². The molecule has 0 saturated carbocycles. The molecule has 2 aromatic carbocycles. The second kappa shape index (κ2) is 9.97. The van der Waals surface area contributed by atoms with Gasteiger partial charge in [0.05, 0.1) is 31.4 Å². The molecule has 2 saturated heterocycles. The molecule has 2 heterocycles. The zero-order valence-electron chi connectivity index (χ0n) is 18.2. The van der Waals surface area contributed by atoms with Gasteiger partial charge in [0.25, 0.3) is 11.7 Å². The Kier molecular flexibility index (Phi) is 6.87. The molecule has 2 aliphatic heterocycles. The lowest BCUT2D eigenvalue weighted by atomic mass is 9.95. The summed E-state index contributed by atoms with van der Waals surface area (Å²) in [4.78, 5) is 29.9. The zero-order chi connectivity index (χ0) is 22.5. The molecule has 2 aromatic rings. The molecule has 1 atom stereocenters. The summed E-state index contributed by atoms with van der Waals surface area (Å²) in [5.74, 6) is -0.692. The summed E-state index contributed by atoms with van der Waals surface area (Å²) in [6.45, 7) is 6.39. The highest BCUT2D eigenvalue weighted by molar-refractivity contribution is 6.46. The fourth-order valence-corrected chi connectivity index (χ4v) is 4.20. The van der Waals surface area contributed by atoms with E-state index in [1.807, 2.05) is 37.3 Å². The van der Waals surface area contributed by atoms with Crippen molar-refractivity contribution >= 4 is 17.4 Å². The number of hydrogen-bond donors (Lipinski definition) is 1. The van der Waals surface area contributed by atoms with Crippen LogP contribution in [0.2, 0.25) is 0 Å². The summed E-state index contributed by atoms with van der Waals surface area (Å²) in [5, 5.41) is 11.0. The van der Waals surface area contributed by atoms with Crippen molar-refractivity contribution in [1.29, 1.82) is 0 Å². The highest BCUT2D eigenvalue weighted by Crippen LogP contribution is 2.39. The Labute approximate surface area is 187 Å². The molecule has 0 aliphatic carbocycles. The fourth-order valence-electron chi connectivity index (χ4n) is 4.20. The molecule has 2 fully saturated rings. The molecule has 0 radical (unpaired) electrons. The number of likely N-dealkylation sites (tertiary alicyclic amines) is 1. The van der Waals surface area contributed by atoms with E-state index >= 15 is 0 Å². The number of Topliss-reactive ketones (excluding diaryl/α,β-unsaturated/α-hetero) is 1. The van der Waals surface area contributed by atoms with E-state index in [1.54, 1.807) is 29.2 Å². The van der Waals surface area contributed by atoms with Gasteiger partial charge in [-0.15, -0.1) is 0 Å². The van der Waals surface area contributed by atoms with Crippen LogP contribution >= 0.6 is 0 Å². The maximum absolute atomic E-state index is 13.1. The average molecular weight is 437 g/mol. The number of amides is 1. The number of rotatable bonds is 7. The third-order valence-electron chi connectivity index (χ3n) is 5.85. The summed E-state index contributed by atoms with van der Waals surface area (Å²) < 4.78 is 10.9. The average Bonchev–Trinajstić information content (AvgIpc) is 3.09. The van der Waals surface area contributed by atoms with Crippen molar-refractivity contribution in [3.8, 4) is 5.75 Å². The third kappa shape index (κ3) is 4.54. The van der Waals surface area contributed by atoms with Crippen molar-refractivity contribution in [2.45, 2.75) is 13.0 Å². The lowest BCUT2D eigenvalue weighted by Gasteiger charge is -2.31. The first-order valence-electron chi connectivity index (χ1n) is 11.0. The number of ether oxygens (including phenoxy) is 2. The van der Waals surface area contributed by atoms with E-state index in [0.717, 1.165) is 18.7 Å². The molecule has 0 aromatic heterocycles. The molecule has 1 unspecified atom stereocenters. The Morgan fingerprint density at radius 1 is 1.03 bits per heavy atom. The lowest BCUT2D eigenvalue weighted by Crippen LogP contribution is -2.42.